The van der Waals surface area contributed by atoms with Gasteiger partial charge >= 0.3 is 0 Å². The number of amides is 2. The SMILES string of the molecule is NCCCc1cccc(N2C(=O)C3CCC(C3)C2=O)c1. The fourth-order valence-electron chi connectivity index (χ4n) is 3.32. The topological polar surface area (TPSA) is 63.4 Å². The maximum Gasteiger partial charge on any atom is 0.236 e. The van der Waals surface area contributed by atoms with Crippen LogP contribution < -0.4 is 10.6 Å². The molecule has 0 spiro atoms. The summed E-state index contributed by atoms with van der Waals surface area (Å²) in [5.74, 6) is 0.0650. The van der Waals surface area contributed by atoms with E-state index in [0.29, 0.717) is 6.54 Å². The van der Waals surface area contributed by atoms with Crippen LogP contribution in [-0.2, 0) is 16.0 Å². The van der Waals surface area contributed by atoms with E-state index in [-0.39, 0.29) is 23.7 Å². The molecule has 2 fully saturated rings. The van der Waals surface area contributed by atoms with E-state index in [4.69, 9.17) is 5.73 Å². The molecule has 4 nitrogen and oxygen atoms in total. The van der Waals surface area contributed by atoms with Crippen LogP contribution in [0.25, 0.3) is 0 Å². The molecule has 1 saturated heterocycles. The number of piperidine rings is 1. The Kier molecular flexibility index (Phi) is 3.57. The van der Waals surface area contributed by atoms with Gasteiger partial charge in [-0.25, -0.2) is 0 Å². The third-order valence-electron chi connectivity index (χ3n) is 4.41. The summed E-state index contributed by atoms with van der Waals surface area (Å²) in [5, 5.41) is 0. The minimum absolute atomic E-state index is 0.0141. The van der Waals surface area contributed by atoms with Gasteiger partial charge in [0, 0.05) is 11.8 Å². The van der Waals surface area contributed by atoms with Crippen LogP contribution in [0.2, 0.25) is 0 Å². The van der Waals surface area contributed by atoms with E-state index in [1.807, 2.05) is 24.3 Å². The monoisotopic (exact) mass is 272 g/mol. The Hall–Kier alpha value is -1.68. The lowest BCUT2D eigenvalue weighted by atomic mass is 9.96. The number of carbonyl (C=O) groups is 2. The van der Waals surface area contributed by atoms with Gasteiger partial charge in [-0.2, -0.15) is 0 Å². The minimum atomic E-state index is -0.0141. The zero-order chi connectivity index (χ0) is 14.1. The molecular weight excluding hydrogens is 252 g/mol. The summed E-state index contributed by atoms with van der Waals surface area (Å²) in [7, 11) is 0. The Morgan fingerprint density at radius 1 is 1.15 bits per heavy atom. The first-order valence-corrected chi connectivity index (χ1v) is 7.37. The Morgan fingerprint density at radius 3 is 2.50 bits per heavy atom. The molecule has 2 atom stereocenters. The number of hydrogen-bond acceptors (Lipinski definition) is 3. The normalized spacial score (nSPS) is 25.4. The van der Waals surface area contributed by atoms with Crippen LogP contribution >= 0.6 is 0 Å². The van der Waals surface area contributed by atoms with Gasteiger partial charge in [0.15, 0.2) is 0 Å². The van der Waals surface area contributed by atoms with Crippen molar-refractivity contribution in [1.29, 1.82) is 0 Å². The van der Waals surface area contributed by atoms with Crippen molar-refractivity contribution < 1.29 is 9.59 Å². The second kappa shape index (κ2) is 5.37. The molecule has 2 N–H and O–H groups in total. The lowest BCUT2D eigenvalue weighted by Crippen LogP contribution is -2.46. The smallest absolute Gasteiger partial charge is 0.236 e. The van der Waals surface area contributed by atoms with Gasteiger partial charge in [-0.1, -0.05) is 12.1 Å². The van der Waals surface area contributed by atoms with Crippen molar-refractivity contribution in [2.24, 2.45) is 17.6 Å². The number of benzene rings is 1. The average molecular weight is 272 g/mol. The van der Waals surface area contributed by atoms with Crippen LogP contribution in [0.5, 0.6) is 0 Å². The van der Waals surface area contributed by atoms with Crippen LogP contribution in [0.4, 0.5) is 5.69 Å². The highest BCUT2D eigenvalue weighted by Gasteiger charge is 2.45. The molecule has 0 radical (unpaired) electrons. The molecule has 1 heterocycles. The summed E-state index contributed by atoms with van der Waals surface area (Å²) in [6, 6.07) is 7.74. The number of anilines is 1. The van der Waals surface area contributed by atoms with Crippen molar-refractivity contribution in [2.45, 2.75) is 32.1 Å². The molecule has 1 aromatic rings. The van der Waals surface area contributed by atoms with E-state index in [1.165, 1.54) is 4.90 Å². The third kappa shape index (κ3) is 2.24. The van der Waals surface area contributed by atoms with Crippen LogP contribution in [-0.4, -0.2) is 18.4 Å². The van der Waals surface area contributed by atoms with E-state index in [1.54, 1.807) is 0 Å². The zero-order valence-electron chi connectivity index (χ0n) is 11.5. The Bertz CT molecular complexity index is 519. The second-order valence-electron chi connectivity index (χ2n) is 5.78. The molecule has 4 heteroatoms. The van der Waals surface area contributed by atoms with Gasteiger partial charge < -0.3 is 5.73 Å². The molecule has 1 saturated carbocycles. The van der Waals surface area contributed by atoms with Crippen molar-refractivity contribution in [1.82, 2.24) is 0 Å². The molecule has 2 aliphatic rings. The van der Waals surface area contributed by atoms with Crippen LogP contribution in [0.15, 0.2) is 24.3 Å². The third-order valence-corrected chi connectivity index (χ3v) is 4.41. The number of imide groups is 1. The maximum absolute atomic E-state index is 12.4. The van der Waals surface area contributed by atoms with Crippen molar-refractivity contribution in [3.05, 3.63) is 29.8 Å². The lowest BCUT2D eigenvalue weighted by molar-refractivity contribution is -0.132. The van der Waals surface area contributed by atoms with E-state index in [0.717, 1.165) is 43.4 Å². The Balaban J connectivity index is 1.88. The van der Waals surface area contributed by atoms with Gasteiger partial charge in [0.2, 0.25) is 11.8 Å². The summed E-state index contributed by atoms with van der Waals surface area (Å²) in [6.07, 6.45) is 4.27. The summed E-state index contributed by atoms with van der Waals surface area (Å²) < 4.78 is 0. The second-order valence-corrected chi connectivity index (χ2v) is 5.78. The molecule has 1 aliphatic heterocycles. The molecule has 1 aromatic carbocycles. The highest BCUT2D eigenvalue weighted by Crippen LogP contribution is 2.40. The molecule has 0 aromatic heterocycles. The van der Waals surface area contributed by atoms with E-state index in [2.05, 4.69) is 0 Å². The average Bonchev–Trinajstić information content (AvgIpc) is 2.91. The van der Waals surface area contributed by atoms with Gasteiger partial charge in [0.1, 0.15) is 0 Å². The molecule has 2 bridgehead atoms. The van der Waals surface area contributed by atoms with Crippen molar-refractivity contribution >= 4 is 17.5 Å². The number of nitrogens with zero attached hydrogens (tertiary/aromatic N) is 1. The zero-order valence-corrected chi connectivity index (χ0v) is 11.5. The molecular formula is C16H20N2O2. The summed E-state index contributed by atoms with van der Waals surface area (Å²) in [6.45, 7) is 0.649. The fourth-order valence-corrected chi connectivity index (χ4v) is 3.32. The van der Waals surface area contributed by atoms with Gasteiger partial charge in [0.25, 0.3) is 0 Å². The maximum atomic E-state index is 12.4. The van der Waals surface area contributed by atoms with Crippen molar-refractivity contribution in [3.63, 3.8) is 0 Å². The summed E-state index contributed by atoms with van der Waals surface area (Å²) in [4.78, 5) is 26.2. The van der Waals surface area contributed by atoms with Gasteiger partial charge in [-0.05, 0) is 56.3 Å². The standard InChI is InChI=1S/C16H20N2O2/c17-8-2-4-11-3-1-5-14(9-11)18-15(19)12-6-7-13(10-12)16(18)20/h1,3,5,9,12-13H,2,4,6-8,10,17H2. The van der Waals surface area contributed by atoms with E-state index < -0.39 is 0 Å². The van der Waals surface area contributed by atoms with Crippen LogP contribution in [0.3, 0.4) is 0 Å². The van der Waals surface area contributed by atoms with Gasteiger partial charge in [0.05, 0.1) is 5.69 Å². The molecule has 3 rings (SSSR count). The first-order chi connectivity index (χ1) is 9.70. The van der Waals surface area contributed by atoms with Crippen molar-refractivity contribution in [3.8, 4) is 0 Å². The number of fused-ring (bicyclic) bond motifs is 2. The van der Waals surface area contributed by atoms with Crippen molar-refractivity contribution in [2.75, 3.05) is 11.4 Å². The van der Waals surface area contributed by atoms with Crippen LogP contribution in [0.1, 0.15) is 31.2 Å². The summed E-state index contributed by atoms with van der Waals surface area (Å²) >= 11 is 0. The summed E-state index contributed by atoms with van der Waals surface area (Å²) in [5.41, 5.74) is 7.39. The molecule has 106 valence electrons. The van der Waals surface area contributed by atoms with E-state index >= 15 is 0 Å². The van der Waals surface area contributed by atoms with Gasteiger partial charge in [-0.3, -0.25) is 14.5 Å². The lowest BCUT2D eigenvalue weighted by Gasteiger charge is -2.29. The number of hydrogen-bond donors (Lipinski definition) is 1. The molecule has 1 aliphatic carbocycles. The number of rotatable bonds is 4. The first kappa shape index (κ1) is 13.3. The highest BCUT2D eigenvalue weighted by molar-refractivity contribution is 6.18. The largest absolute Gasteiger partial charge is 0.330 e. The number of aryl methyl sites for hydroxylation is 1. The fraction of sp³-hybridized carbons (Fsp3) is 0.500. The number of nitrogens with two attached hydrogens (primary N) is 1. The highest BCUT2D eigenvalue weighted by atomic mass is 16.2. The Labute approximate surface area is 118 Å². The van der Waals surface area contributed by atoms with Gasteiger partial charge in [-0.15, -0.1) is 0 Å². The molecule has 20 heavy (non-hydrogen) atoms. The predicted octanol–water partition coefficient (Wildman–Crippen LogP) is 1.87. The van der Waals surface area contributed by atoms with Crippen LogP contribution in [0, 0.1) is 11.8 Å². The first-order valence-electron chi connectivity index (χ1n) is 7.37. The quantitative estimate of drug-likeness (QED) is 0.851. The van der Waals surface area contributed by atoms with E-state index in [9.17, 15) is 9.59 Å². The molecule has 2 unspecified atom stereocenters. The minimum Gasteiger partial charge on any atom is -0.330 e. The molecule has 2 amide bonds. The number of carbonyl (C=O) groups excluding carboxylic acids is 2. The Morgan fingerprint density at radius 2 is 1.85 bits per heavy atom. The predicted molar refractivity (Wildman–Crippen MR) is 77.1 cm³/mol.